The highest BCUT2D eigenvalue weighted by molar-refractivity contribution is 7.99. The molecule has 1 aromatic rings. The van der Waals surface area contributed by atoms with Crippen LogP contribution in [0.25, 0.3) is 0 Å². The van der Waals surface area contributed by atoms with Crippen LogP contribution in [-0.4, -0.2) is 10.7 Å². The van der Waals surface area contributed by atoms with E-state index >= 15 is 0 Å². The van der Waals surface area contributed by atoms with Gasteiger partial charge < -0.3 is 5.11 Å². The van der Waals surface area contributed by atoms with E-state index in [0.717, 1.165) is 17.3 Å². The van der Waals surface area contributed by atoms with Crippen LogP contribution in [0.2, 0.25) is 0 Å². The first-order valence-corrected chi connectivity index (χ1v) is 4.04. The average Bonchev–Trinajstić information content (AvgIpc) is 2.36. The third-order valence-electron chi connectivity index (χ3n) is 1.44. The van der Waals surface area contributed by atoms with Crippen LogP contribution in [0.5, 0.6) is 5.75 Å². The lowest BCUT2D eigenvalue weighted by molar-refractivity contribution is -0.729. The Balaban J connectivity index is 2.59. The molecular formula is C6H6N2OS. The second-order valence-corrected chi connectivity index (χ2v) is 3.19. The molecule has 0 saturated carbocycles. The van der Waals surface area contributed by atoms with Crippen LogP contribution in [0.3, 0.4) is 0 Å². The van der Waals surface area contributed by atoms with E-state index in [1.165, 1.54) is 6.20 Å². The zero-order chi connectivity index (χ0) is 6.97. The predicted molar refractivity (Wildman–Crippen MR) is 34.6 cm³/mol. The summed E-state index contributed by atoms with van der Waals surface area (Å²) >= 11 is 1.60. The number of thioether (sulfide) groups is 1. The molecule has 0 aliphatic carbocycles. The predicted octanol–water partition coefficient (Wildman–Crippen LogP) is -0.452. The molecule has 52 valence electrons. The molecule has 10 heavy (non-hydrogen) atoms. The van der Waals surface area contributed by atoms with Gasteiger partial charge in [0.1, 0.15) is 12.7 Å². The fourth-order valence-electron chi connectivity index (χ4n) is 0.985. The summed E-state index contributed by atoms with van der Waals surface area (Å²) in [7, 11) is 0. The SMILES string of the molecule is [O-]c1cnc[n+]2c1SCC2. The Hall–Kier alpha value is -0.770. The Kier molecular flexibility index (Phi) is 1.27. The fraction of sp³-hybridized carbons (Fsp3) is 0.333. The molecular weight excluding hydrogens is 148 g/mol. The number of nitrogens with zero attached hydrogens (tertiary/aromatic N) is 2. The van der Waals surface area contributed by atoms with Crippen LogP contribution in [-0.2, 0) is 6.54 Å². The summed E-state index contributed by atoms with van der Waals surface area (Å²) in [6.45, 7) is 0.920. The highest BCUT2D eigenvalue weighted by atomic mass is 32.2. The first kappa shape index (κ1) is 5.97. The molecule has 0 saturated heterocycles. The molecule has 1 aromatic heterocycles. The summed E-state index contributed by atoms with van der Waals surface area (Å²) in [5.41, 5.74) is 0. The second kappa shape index (κ2) is 2.12. The highest BCUT2D eigenvalue weighted by Gasteiger charge is 2.15. The number of hydrogen-bond donors (Lipinski definition) is 0. The molecule has 0 aromatic carbocycles. The molecule has 0 spiro atoms. The standard InChI is InChI=1S/C6H6N2OS/c9-5-3-7-4-8-1-2-10-6(5)8/h3-4H,1-2H2. The Morgan fingerprint density at radius 1 is 1.70 bits per heavy atom. The van der Waals surface area contributed by atoms with Crippen LogP contribution in [0, 0.1) is 0 Å². The van der Waals surface area contributed by atoms with E-state index in [0.29, 0.717) is 0 Å². The van der Waals surface area contributed by atoms with Crippen molar-refractivity contribution in [3.8, 4) is 5.75 Å². The van der Waals surface area contributed by atoms with Crippen molar-refractivity contribution in [2.75, 3.05) is 5.75 Å². The van der Waals surface area contributed by atoms with E-state index in [1.54, 1.807) is 18.1 Å². The van der Waals surface area contributed by atoms with E-state index in [9.17, 15) is 5.11 Å². The van der Waals surface area contributed by atoms with Gasteiger partial charge in [-0.2, -0.15) is 0 Å². The molecule has 3 nitrogen and oxygen atoms in total. The molecule has 2 rings (SSSR count). The van der Waals surface area contributed by atoms with Crippen LogP contribution in [0.15, 0.2) is 17.6 Å². The van der Waals surface area contributed by atoms with Crippen LogP contribution >= 0.6 is 11.8 Å². The summed E-state index contributed by atoms with van der Waals surface area (Å²) in [5.74, 6) is 1.05. The minimum Gasteiger partial charge on any atom is -0.867 e. The molecule has 1 aliphatic heterocycles. The van der Waals surface area contributed by atoms with Crippen molar-refractivity contribution in [2.24, 2.45) is 0 Å². The molecule has 0 N–H and O–H groups in total. The third-order valence-corrected chi connectivity index (χ3v) is 2.54. The first-order chi connectivity index (χ1) is 4.88. The van der Waals surface area contributed by atoms with Crippen molar-refractivity contribution in [2.45, 2.75) is 11.6 Å². The number of rotatable bonds is 0. The molecule has 0 atom stereocenters. The Morgan fingerprint density at radius 3 is 3.40 bits per heavy atom. The van der Waals surface area contributed by atoms with Crippen molar-refractivity contribution in [3.63, 3.8) is 0 Å². The molecule has 4 heteroatoms. The quantitative estimate of drug-likeness (QED) is 0.375. The van der Waals surface area contributed by atoms with Gasteiger partial charge in [-0.15, -0.1) is 0 Å². The van der Waals surface area contributed by atoms with Gasteiger partial charge in [0.25, 0.3) is 6.33 Å². The van der Waals surface area contributed by atoms with Gasteiger partial charge in [-0.05, 0) is 5.75 Å². The normalized spacial score (nSPS) is 15.2. The van der Waals surface area contributed by atoms with Crippen molar-refractivity contribution < 1.29 is 9.67 Å². The first-order valence-electron chi connectivity index (χ1n) is 3.05. The van der Waals surface area contributed by atoms with Crippen molar-refractivity contribution in [1.29, 1.82) is 0 Å². The minimum absolute atomic E-state index is 0.0463. The summed E-state index contributed by atoms with van der Waals surface area (Å²) in [6.07, 6.45) is 3.07. The lowest BCUT2D eigenvalue weighted by atomic mass is 10.6. The van der Waals surface area contributed by atoms with E-state index in [2.05, 4.69) is 4.98 Å². The molecule has 0 fully saturated rings. The molecule has 0 radical (unpaired) electrons. The fourth-order valence-corrected chi connectivity index (χ4v) is 1.97. The Labute approximate surface area is 62.7 Å². The summed E-state index contributed by atoms with van der Waals surface area (Å²) in [6, 6.07) is 0. The van der Waals surface area contributed by atoms with Gasteiger partial charge in [-0.1, -0.05) is 16.7 Å². The van der Waals surface area contributed by atoms with E-state index < -0.39 is 0 Å². The molecule has 2 heterocycles. The summed E-state index contributed by atoms with van der Waals surface area (Å²) in [4.78, 5) is 3.79. The number of fused-ring (bicyclic) bond motifs is 1. The molecule has 0 bridgehead atoms. The maximum atomic E-state index is 11.0. The van der Waals surface area contributed by atoms with Gasteiger partial charge in [-0.3, -0.25) is 0 Å². The van der Waals surface area contributed by atoms with Crippen molar-refractivity contribution in [1.82, 2.24) is 4.98 Å². The molecule has 1 aliphatic rings. The maximum Gasteiger partial charge on any atom is 0.286 e. The van der Waals surface area contributed by atoms with Crippen molar-refractivity contribution >= 4 is 11.8 Å². The van der Waals surface area contributed by atoms with Gasteiger partial charge in [0, 0.05) is 5.75 Å². The number of aryl methyl sites for hydroxylation is 1. The topological polar surface area (TPSA) is 39.8 Å². The monoisotopic (exact) mass is 154 g/mol. The largest absolute Gasteiger partial charge is 0.867 e. The van der Waals surface area contributed by atoms with Gasteiger partial charge in [-0.25, -0.2) is 4.57 Å². The van der Waals surface area contributed by atoms with Gasteiger partial charge >= 0.3 is 0 Å². The highest BCUT2D eigenvalue weighted by Crippen LogP contribution is 2.24. The van der Waals surface area contributed by atoms with Gasteiger partial charge in [0.15, 0.2) is 5.03 Å². The maximum absolute atomic E-state index is 11.0. The zero-order valence-corrected chi connectivity index (χ0v) is 6.10. The Morgan fingerprint density at radius 2 is 2.60 bits per heavy atom. The molecule has 0 amide bonds. The molecule has 0 unspecified atom stereocenters. The summed E-state index contributed by atoms with van der Waals surface area (Å²) < 4.78 is 1.90. The van der Waals surface area contributed by atoms with E-state index in [-0.39, 0.29) is 5.75 Å². The van der Waals surface area contributed by atoms with Gasteiger partial charge in [0.05, 0.1) is 0 Å². The van der Waals surface area contributed by atoms with Crippen LogP contribution in [0.1, 0.15) is 0 Å². The lowest BCUT2D eigenvalue weighted by Gasteiger charge is -2.02. The van der Waals surface area contributed by atoms with Gasteiger partial charge in [0.2, 0.25) is 0 Å². The zero-order valence-electron chi connectivity index (χ0n) is 5.28. The smallest absolute Gasteiger partial charge is 0.286 e. The summed E-state index contributed by atoms with van der Waals surface area (Å²) in [5, 5.41) is 11.8. The van der Waals surface area contributed by atoms with E-state index in [4.69, 9.17) is 0 Å². The minimum atomic E-state index is 0.0463. The Bertz CT molecular complexity index is 264. The third kappa shape index (κ3) is 0.759. The van der Waals surface area contributed by atoms with E-state index in [1.807, 2.05) is 4.57 Å². The lowest BCUT2D eigenvalue weighted by Crippen LogP contribution is -2.33. The van der Waals surface area contributed by atoms with Crippen LogP contribution in [0.4, 0.5) is 0 Å². The average molecular weight is 154 g/mol. The second-order valence-electron chi connectivity index (χ2n) is 2.10. The van der Waals surface area contributed by atoms with Crippen LogP contribution < -0.4 is 9.67 Å². The van der Waals surface area contributed by atoms with Crippen molar-refractivity contribution in [3.05, 3.63) is 12.5 Å². The number of hydrogen-bond acceptors (Lipinski definition) is 3. The number of aromatic nitrogens is 2.